The molecule has 150 valence electrons. The van der Waals surface area contributed by atoms with Gasteiger partial charge in [-0.25, -0.2) is 4.79 Å². The SMILES string of the molecule is CCN1C(=O)S/C(=C\c2cccc(OC)c2OCc2cccc(C(=O)O)c2)C1=O. The van der Waals surface area contributed by atoms with Crippen LogP contribution in [-0.2, 0) is 11.4 Å². The molecular formula is C21H19NO6S. The normalized spacial score (nSPS) is 15.1. The summed E-state index contributed by atoms with van der Waals surface area (Å²) in [6.45, 7) is 2.16. The van der Waals surface area contributed by atoms with E-state index in [4.69, 9.17) is 14.6 Å². The highest BCUT2D eigenvalue weighted by Crippen LogP contribution is 2.37. The number of hydrogen-bond acceptors (Lipinski definition) is 6. The van der Waals surface area contributed by atoms with Crippen molar-refractivity contribution in [2.75, 3.05) is 13.7 Å². The van der Waals surface area contributed by atoms with Gasteiger partial charge in [0.2, 0.25) is 0 Å². The molecule has 1 aliphatic rings. The van der Waals surface area contributed by atoms with Crippen LogP contribution in [0.3, 0.4) is 0 Å². The van der Waals surface area contributed by atoms with Gasteiger partial charge in [0.1, 0.15) is 6.61 Å². The first-order chi connectivity index (χ1) is 13.9. The third kappa shape index (κ3) is 4.43. The van der Waals surface area contributed by atoms with E-state index in [-0.39, 0.29) is 23.3 Å². The summed E-state index contributed by atoms with van der Waals surface area (Å²) >= 11 is 0.880. The van der Waals surface area contributed by atoms with Crippen LogP contribution in [0, 0.1) is 0 Å². The molecule has 0 unspecified atom stereocenters. The first-order valence-corrected chi connectivity index (χ1v) is 9.63. The monoisotopic (exact) mass is 413 g/mol. The quantitative estimate of drug-likeness (QED) is 0.685. The van der Waals surface area contributed by atoms with Gasteiger partial charge in [-0.15, -0.1) is 0 Å². The van der Waals surface area contributed by atoms with Gasteiger partial charge in [0.25, 0.3) is 11.1 Å². The summed E-state index contributed by atoms with van der Waals surface area (Å²) in [6.07, 6.45) is 1.60. The topological polar surface area (TPSA) is 93.1 Å². The second kappa shape index (κ2) is 8.83. The molecule has 1 heterocycles. The van der Waals surface area contributed by atoms with Gasteiger partial charge in [-0.05, 0) is 48.5 Å². The van der Waals surface area contributed by atoms with E-state index >= 15 is 0 Å². The zero-order valence-electron chi connectivity index (χ0n) is 15.9. The average Bonchev–Trinajstić information content (AvgIpc) is 2.99. The number of thioether (sulfide) groups is 1. The Morgan fingerprint density at radius 1 is 1.21 bits per heavy atom. The fourth-order valence-electron chi connectivity index (χ4n) is 2.83. The van der Waals surface area contributed by atoms with Gasteiger partial charge in [-0.3, -0.25) is 14.5 Å². The van der Waals surface area contributed by atoms with E-state index < -0.39 is 5.97 Å². The number of carbonyl (C=O) groups is 3. The van der Waals surface area contributed by atoms with Crippen molar-refractivity contribution in [3.8, 4) is 11.5 Å². The Morgan fingerprint density at radius 3 is 2.62 bits per heavy atom. The van der Waals surface area contributed by atoms with Gasteiger partial charge in [0.05, 0.1) is 17.6 Å². The van der Waals surface area contributed by atoms with Crippen molar-refractivity contribution in [2.45, 2.75) is 13.5 Å². The molecule has 1 fully saturated rings. The second-order valence-electron chi connectivity index (χ2n) is 6.10. The number of methoxy groups -OCH3 is 1. The number of rotatable bonds is 7. The molecule has 0 spiro atoms. The molecular weight excluding hydrogens is 394 g/mol. The number of amides is 2. The molecule has 29 heavy (non-hydrogen) atoms. The number of para-hydroxylation sites is 1. The lowest BCUT2D eigenvalue weighted by Gasteiger charge is -2.14. The van der Waals surface area contributed by atoms with E-state index in [0.717, 1.165) is 11.8 Å². The van der Waals surface area contributed by atoms with Gasteiger partial charge < -0.3 is 14.6 Å². The van der Waals surface area contributed by atoms with Gasteiger partial charge >= 0.3 is 5.97 Å². The molecule has 7 nitrogen and oxygen atoms in total. The van der Waals surface area contributed by atoms with Crippen LogP contribution >= 0.6 is 11.8 Å². The molecule has 2 amide bonds. The first-order valence-electron chi connectivity index (χ1n) is 8.82. The molecule has 1 aliphatic heterocycles. The Morgan fingerprint density at radius 2 is 1.97 bits per heavy atom. The summed E-state index contributed by atoms with van der Waals surface area (Å²) in [5.74, 6) is -0.496. The summed E-state index contributed by atoms with van der Waals surface area (Å²) in [5, 5.41) is 8.83. The van der Waals surface area contributed by atoms with Crippen LogP contribution in [0.15, 0.2) is 47.4 Å². The second-order valence-corrected chi connectivity index (χ2v) is 7.09. The molecule has 0 aromatic heterocycles. The summed E-state index contributed by atoms with van der Waals surface area (Å²) in [4.78, 5) is 37.0. The van der Waals surface area contributed by atoms with Crippen LogP contribution in [0.5, 0.6) is 11.5 Å². The lowest BCUT2D eigenvalue weighted by Crippen LogP contribution is -2.27. The van der Waals surface area contributed by atoms with Crippen LogP contribution in [0.4, 0.5) is 4.79 Å². The van der Waals surface area contributed by atoms with Crippen molar-refractivity contribution < 1.29 is 29.0 Å². The number of nitrogens with zero attached hydrogens (tertiary/aromatic N) is 1. The van der Waals surface area contributed by atoms with Gasteiger partial charge in [-0.1, -0.05) is 24.3 Å². The van der Waals surface area contributed by atoms with E-state index in [2.05, 4.69) is 0 Å². The van der Waals surface area contributed by atoms with E-state index in [1.165, 1.54) is 24.1 Å². The van der Waals surface area contributed by atoms with Crippen molar-refractivity contribution in [2.24, 2.45) is 0 Å². The summed E-state index contributed by atoms with van der Waals surface area (Å²) in [6, 6.07) is 11.7. The third-order valence-electron chi connectivity index (χ3n) is 4.26. The maximum Gasteiger partial charge on any atom is 0.335 e. The molecule has 1 N–H and O–H groups in total. The molecule has 0 radical (unpaired) electrons. The van der Waals surface area contributed by atoms with Crippen LogP contribution in [0.25, 0.3) is 6.08 Å². The van der Waals surface area contributed by atoms with Gasteiger partial charge in [0, 0.05) is 12.1 Å². The van der Waals surface area contributed by atoms with Crippen LogP contribution in [-0.4, -0.2) is 40.8 Å². The molecule has 0 saturated carbocycles. The highest BCUT2D eigenvalue weighted by molar-refractivity contribution is 8.18. The maximum atomic E-state index is 12.4. The fraction of sp³-hybridized carbons (Fsp3) is 0.190. The number of likely N-dealkylation sites (N-methyl/N-ethyl adjacent to an activating group) is 1. The Bertz CT molecular complexity index is 1000. The highest BCUT2D eigenvalue weighted by Gasteiger charge is 2.34. The van der Waals surface area contributed by atoms with Crippen molar-refractivity contribution in [1.29, 1.82) is 0 Å². The third-order valence-corrected chi connectivity index (χ3v) is 5.17. The number of benzene rings is 2. The Labute approximate surface area is 171 Å². The molecule has 3 rings (SSSR count). The minimum atomic E-state index is -1.02. The van der Waals surface area contributed by atoms with E-state index in [1.807, 2.05) is 0 Å². The highest BCUT2D eigenvalue weighted by atomic mass is 32.2. The van der Waals surface area contributed by atoms with Crippen molar-refractivity contribution in [3.05, 3.63) is 64.1 Å². The molecule has 0 atom stereocenters. The van der Waals surface area contributed by atoms with Gasteiger partial charge in [-0.2, -0.15) is 0 Å². The zero-order chi connectivity index (χ0) is 21.0. The number of carboxylic acid groups (broad SMARTS) is 1. The van der Waals surface area contributed by atoms with Crippen molar-refractivity contribution >= 4 is 35.0 Å². The zero-order valence-corrected chi connectivity index (χ0v) is 16.7. The minimum absolute atomic E-state index is 0.110. The molecule has 0 bridgehead atoms. The Balaban J connectivity index is 1.90. The van der Waals surface area contributed by atoms with E-state index in [1.54, 1.807) is 43.3 Å². The standard InChI is InChI=1S/C21H19NO6S/c1-3-22-19(23)17(29-21(22)26)11-14-7-5-9-16(27-2)18(14)28-12-13-6-4-8-15(10-13)20(24)25/h4-11H,3,12H2,1-2H3,(H,24,25)/b17-11-. The fourth-order valence-corrected chi connectivity index (χ4v) is 3.72. The average molecular weight is 413 g/mol. The summed E-state index contributed by atoms with van der Waals surface area (Å²) < 4.78 is 11.3. The number of imide groups is 1. The van der Waals surface area contributed by atoms with E-state index in [9.17, 15) is 14.4 Å². The first kappa shape index (κ1) is 20.5. The predicted molar refractivity (Wildman–Crippen MR) is 109 cm³/mol. The lowest BCUT2D eigenvalue weighted by atomic mass is 10.1. The number of carbonyl (C=O) groups excluding carboxylic acids is 2. The van der Waals surface area contributed by atoms with Gasteiger partial charge in [0.15, 0.2) is 11.5 Å². The minimum Gasteiger partial charge on any atom is -0.493 e. The molecule has 2 aromatic rings. The Kier molecular flexibility index (Phi) is 6.23. The number of aromatic carboxylic acids is 1. The largest absolute Gasteiger partial charge is 0.493 e. The molecule has 1 saturated heterocycles. The predicted octanol–water partition coefficient (Wildman–Crippen LogP) is 4.03. The molecule has 0 aliphatic carbocycles. The number of hydrogen-bond donors (Lipinski definition) is 1. The summed E-state index contributed by atoms with van der Waals surface area (Å²) in [5.41, 5.74) is 1.42. The molecule has 2 aromatic carbocycles. The van der Waals surface area contributed by atoms with E-state index in [0.29, 0.717) is 34.1 Å². The van der Waals surface area contributed by atoms with Crippen LogP contribution in [0.1, 0.15) is 28.4 Å². The van der Waals surface area contributed by atoms with Crippen molar-refractivity contribution in [3.63, 3.8) is 0 Å². The lowest BCUT2D eigenvalue weighted by molar-refractivity contribution is -0.122. The van der Waals surface area contributed by atoms with Crippen molar-refractivity contribution in [1.82, 2.24) is 4.90 Å². The maximum absolute atomic E-state index is 12.4. The number of carboxylic acids is 1. The Hall–Kier alpha value is -3.26. The van der Waals surface area contributed by atoms with Crippen LogP contribution < -0.4 is 9.47 Å². The molecule has 8 heteroatoms. The number of ether oxygens (including phenoxy) is 2. The smallest absolute Gasteiger partial charge is 0.335 e. The summed E-state index contributed by atoms with van der Waals surface area (Å²) in [7, 11) is 1.50. The van der Waals surface area contributed by atoms with Crippen LogP contribution in [0.2, 0.25) is 0 Å².